The third-order valence-electron chi connectivity index (χ3n) is 3.40. The average Bonchev–Trinajstić information content (AvgIpc) is 3.03. The summed E-state index contributed by atoms with van der Waals surface area (Å²) >= 11 is 0. The summed E-state index contributed by atoms with van der Waals surface area (Å²) in [5.74, 6) is 0.756. The molecular weight excluding hydrogens is 256 g/mol. The van der Waals surface area contributed by atoms with Crippen LogP contribution in [0.2, 0.25) is 0 Å². The largest absolute Gasteiger partial charge is 0.341 e. The van der Waals surface area contributed by atoms with Gasteiger partial charge in [-0.2, -0.15) is 0 Å². The van der Waals surface area contributed by atoms with Crippen LogP contribution in [0.4, 0.5) is 10.7 Å². The van der Waals surface area contributed by atoms with Crippen molar-refractivity contribution in [2.75, 3.05) is 18.0 Å². The normalized spacial score (nSPS) is 16.1. The van der Waals surface area contributed by atoms with Gasteiger partial charge in [-0.1, -0.05) is 0 Å². The number of hydrogen-bond donors (Lipinski definition) is 1. The Hall–Kier alpha value is -2.44. The average molecular weight is 272 g/mol. The van der Waals surface area contributed by atoms with Crippen molar-refractivity contribution in [2.45, 2.75) is 18.9 Å². The zero-order chi connectivity index (χ0) is 13.8. The Morgan fingerprint density at radius 2 is 1.95 bits per heavy atom. The summed E-state index contributed by atoms with van der Waals surface area (Å²) in [6.07, 6.45) is 10.0. The van der Waals surface area contributed by atoms with E-state index in [0.717, 1.165) is 31.9 Å². The Morgan fingerprint density at radius 1 is 1.20 bits per heavy atom. The molecule has 0 bridgehead atoms. The summed E-state index contributed by atoms with van der Waals surface area (Å²) in [5, 5.41) is 3.01. The van der Waals surface area contributed by atoms with Crippen LogP contribution < -0.4 is 10.2 Å². The van der Waals surface area contributed by atoms with Crippen LogP contribution in [0.25, 0.3) is 0 Å². The topological polar surface area (TPSA) is 75.9 Å². The minimum absolute atomic E-state index is 0.128. The summed E-state index contributed by atoms with van der Waals surface area (Å²) in [4.78, 5) is 26.4. The Balaban J connectivity index is 1.53. The van der Waals surface area contributed by atoms with Gasteiger partial charge in [0.15, 0.2) is 0 Å². The van der Waals surface area contributed by atoms with Crippen LogP contribution >= 0.6 is 0 Å². The van der Waals surface area contributed by atoms with Crippen LogP contribution in [-0.2, 0) is 0 Å². The van der Waals surface area contributed by atoms with Crippen molar-refractivity contribution in [1.82, 2.24) is 24.8 Å². The smallest absolute Gasteiger partial charge is 0.327 e. The molecule has 0 atom stereocenters. The molecule has 1 amide bonds. The lowest BCUT2D eigenvalue weighted by molar-refractivity contribution is 0.236. The van der Waals surface area contributed by atoms with E-state index in [1.54, 1.807) is 24.8 Å². The number of anilines is 1. The molecule has 104 valence electrons. The van der Waals surface area contributed by atoms with Crippen LogP contribution in [-0.4, -0.2) is 44.7 Å². The maximum atomic E-state index is 11.9. The lowest BCUT2D eigenvalue weighted by Gasteiger charge is -2.32. The van der Waals surface area contributed by atoms with E-state index in [-0.39, 0.29) is 12.1 Å². The van der Waals surface area contributed by atoms with E-state index in [0.29, 0.717) is 0 Å². The number of nitrogens with one attached hydrogen (secondary N) is 1. The monoisotopic (exact) mass is 272 g/mol. The van der Waals surface area contributed by atoms with Crippen molar-refractivity contribution >= 4 is 12.0 Å². The minimum atomic E-state index is -0.128. The van der Waals surface area contributed by atoms with Gasteiger partial charge in [0.05, 0.1) is 0 Å². The van der Waals surface area contributed by atoms with Gasteiger partial charge in [0.2, 0.25) is 5.95 Å². The molecule has 20 heavy (non-hydrogen) atoms. The molecule has 1 saturated heterocycles. The molecule has 3 heterocycles. The highest BCUT2D eigenvalue weighted by molar-refractivity contribution is 5.76. The van der Waals surface area contributed by atoms with Gasteiger partial charge in [-0.05, 0) is 18.9 Å². The molecule has 0 saturated carbocycles. The second kappa shape index (κ2) is 5.68. The first-order valence-corrected chi connectivity index (χ1v) is 6.64. The van der Waals surface area contributed by atoms with Gasteiger partial charge < -0.3 is 10.2 Å². The second-order valence-corrected chi connectivity index (χ2v) is 4.73. The van der Waals surface area contributed by atoms with E-state index in [1.807, 2.05) is 6.07 Å². The highest BCUT2D eigenvalue weighted by atomic mass is 16.2. The Kier molecular flexibility index (Phi) is 3.58. The van der Waals surface area contributed by atoms with E-state index in [4.69, 9.17) is 0 Å². The minimum Gasteiger partial charge on any atom is -0.341 e. The highest BCUT2D eigenvalue weighted by Gasteiger charge is 2.22. The van der Waals surface area contributed by atoms with Crippen LogP contribution in [0.15, 0.2) is 37.2 Å². The maximum Gasteiger partial charge on any atom is 0.327 e. The van der Waals surface area contributed by atoms with Gasteiger partial charge in [-0.15, -0.1) is 0 Å². The number of nitrogens with zero attached hydrogens (tertiary/aromatic N) is 5. The zero-order valence-electron chi connectivity index (χ0n) is 11.0. The predicted molar refractivity (Wildman–Crippen MR) is 73.4 cm³/mol. The standard InChI is InChI=1S/C13H16N6O/c20-13(19-9-6-14-10-19)17-11-2-7-18(8-3-11)12-15-4-1-5-16-12/h1,4-6,9-11H,2-3,7-8H2,(H,17,20). The number of amides is 1. The molecule has 0 unspecified atom stereocenters. The fraction of sp³-hybridized carbons (Fsp3) is 0.385. The number of imidazole rings is 1. The van der Waals surface area contributed by atoms with Gasteiger partial charge in [0.25, 0.3) is 0 Å². The highest BCUT2D eigenvalue weighted by Crippen LogP contribution is 2.15. The Bertz CT molecular complexity index is 548. The van der Waals surface area contributed by atoms with Crippen molar-refractivity contribution in [1.29, 1.82) is 0 Å². The fourth-order valence-corrected chi connectivity index (χ4v) is 2.31. The first kappa shape index (κ1) is 12.6. The molecule has 1 aliphatic heterocycles. The van der Waals surface area contributed by atoms with Gasteiger partial charge in [0.1, 0.15) is 6.33 Å². The lowest BCUT2D eigenvalue weighted by atomic mass is 10.1. The first-order valence-electron chi connectivity index (χ1n) is 6.64. The molecule has 0 radical (unpaired) electrons. The fourth-order valence-electron chi connectivity index (χ4n) is 2.31. The van der Waals surface area contributed by atoms with Gasteiger partial charge in [-0.3, -0.25) is 4.57 Å². The molecule has 1 aliphatic rings. The van der Waals surface area contributed by atoms with E-state index in [1.165, 1.54) is 10.9 Å². The predicted octanol–water partition coefficient (Wildman–Crippen LogP) is 0.900. The van der Waals surface area contributed by atoms with Gasteiger partial charge in [0, 0.05) is 43.9 Å². The molecule has 3 rings (SSSR count). The molecule has 0 spiro atoms. The third-order valence-corrected chi connectivity index (χ3v) is 3.40. The number of carbonyl (C=O) groups excluding carboxylic acids is 1. The summed E-state index contributed by atoms with van der Waals surface area (Å²) in [6, 6.07) is 1.86. The summed E-state index contributed by atoms with van der Waals surface area (Å²) in [5.41, 5.74) is 0. The van der Waals surface area contributed by atoms with Crippen LogP contribution in [0.5, 0.6) is 0 Å². The second-order valence-electron chi connectivity index (χ2n) is 4.73. The van der Waals surface area contributed by atoms with Gasteiger partial charge >= 0.3 is 6.03 Å². The molecule has 1 N–H and O–H groups in total. The summed E-state index contributed by atoms with van der Waals surface area (Å²) in [6.45, 7) is 1.69. The van der Waals surface area contributed by atoms with Crippen LogP contribution in [0.3, 0.4) is 0 Å². The molecule has 2 aromatic heterocycles. The van der Waals surface area contributed by atoms with E-state index >= 15 is 0 Å². The Morgan fingerprint density at radius 3 is 2.60 bits per heavy atom. The molecule has 7 heteroatoms. The molecule has 2 aromatic rings. The van der Waals surface area contributed by atoms with E-state index in [9.17, 15) is 4.79 Å². The van der Waals surface area contributed by atoms with Crippen LogP contribution in [0, 0.1) is 0 Å². The number of aromatic nitrogens is 4. The molecular formula is C13H16N6O. The summed E-state index contributed by atoms with van der Waals surface area (Å²) in [7, 11) is 0. The maximum absolute atomic E-state index is 11.9. The number of piperidine rings is 1. The molecule has 7 nitrogen and oxygen atoms in total. The number of carbonyl (C=O) groups is 1. The lowest BCUT2D eigenvalue weighted by Crippen LogP contribution is -2.46. The zero-order valence-corrected chi connectivity index (χ0v) is 11.0. The van der Waals surface area contributed by atoms with Crippen molar-refractivity contribution in [3.63, 3.8) is 0 Å². The van der Waals surface area contributed by atoms with Crippen molar-refractivity contribution < 1.29 is 4.79 Å². The molecule has 0 aromatic carbocycles. The quantitative estimate of drug-likeness (QED) is 0.879. The SMILES string of the molecule is O=C(NC1CCN(c2ncccn2)CC1)n1ccnc1. The summed E-state index contributed by atoms with van der Waals surface area (Å²) < 4.78 is 1.45. The van der Waals surface area contributed by atoms with Gasteiger partial charge in [-0.25, -0.2) is 19.7 Å². The van der Waals surface area contributed by atoms with E-state index < -0.39 is 0 Å². The Labute approximate surface area is 116 Å². The van der Waals surface area contributed by atoms with Crippen molar-refractivity contribution in [3.05, 3.63) is 37.2 Å². The van der Waals surface area contributed by atoms with E-state index in [2.05, 4.69) is 25.2 Å². The number of rotatable bonds is 2. The van der Waals surface area contributed by atoms with Crippen molar-refractivity contribution in [2.24, 2.45) is 0 Å². The van der Waals surface area contributed by atoms with Crippen molar-refractivity contribution in [3.8, 4) is 0 Å². The molecule has 0 aliphatic carbocycles. The first-order chi connectivity index (χ1) is 9.83. The van der Waals surface area contributed by atoms with Crippen LogP contribution in [0.1, 0.15) is 12.8 Å². The third kappa shape index (κ3) is 2.76. The molecule has 1 fully saturated rings. The number of hydrogen-bond acceptors (Lipinski definition) is 5.